The smallest absolute Gasteiger partial charge is 0.329 e. The van der Waals surface area contributed by atoms with Gasteiger partial charge in [-0.05, 0) is 61.1 Å². The number of carbonyl (C=O) groups is 2. The molecular formula is C24H31ClN2O4. The normalized spacial score (nSPS) is 17.4. The predicted octanol–water partition coefficient (Wildman–Crippen LogP) is 5.00. The van der Waals surface area contributed by atoms with Gasteiger partial charge in [-0.25, -0.2) is 4.79 Å². The number of nitrogens with one attached hydrogen (secondary N) is 1. The summed E-state index contributed by atoms with van der Waals surface area (Å²) < 4.78 is 1.59. The molecule has 1 amide bonds. The van der Waals surface area contributed by atoms with Crippen LogP contribution in [0.2, 0.25) is 5.02 Å². The molecule has 1 aromatic carbocycles. The zero-order chi connectivity index (χ0) is 22.8. The van der Waals surface area contributed by atoms with Gasteiger partial charge in [0.25, 0.3) is 11.5 Å². The Kier molecular flexibility index (Phi) is 6.79. The van der Waals surface area contributed by atoms with Gasteiger partial charge in [-0.1, -0.05) is 51.3 Å². The highest BCUT2D eigenvalue weighted by molar-refractivity contribution is 6.31. The molecule has 1 fully saturated rings. The molecule has 0 saturated heterocycles. The second kappa shape index (κ2) is 9.03. The molecule has 7 heteroatoms. The SMILES string of the molecule is CCCCCn1c(=O)c(C(=O)NC2(C(=O)O)CCC(C)(C)CC2)cc2ccc(Cl)cc21. The number of hydrogen-bond acceptors (Lipinski definition) is 3. The minimum Gasteiger partial charge on any atom is -0.480 e. The first-order valence-electron chi connectivity index (χ1n) is 11.0. The molecule has 0 spiro atoms. The van der Waals surface area contributed by atoms with E-state index >= 15 is 0 Å². The van der Waals surface area contributed by atoms with E-state index in [1.165, 1.54) is 0 Å². The average molecular weight is 447 g/mol. The molecule has 6 nitrogen and oxygen atoms in total. The van der Waals surface area contributed by atoms with Gasteiger partial charge in [-0.15, -0.1) is 0 Å². The summed E-state index contributed by atoms with van der Waals surface area (Å²) in [4.78, 5) is 38.6. The van der Waals surface area contributed by atoms with E-state index in [-0.39, 0.29) is 11.0 Å². The number of benzene rings is 1. The van der Waals surface area contributed by atoms with E-state index in [1.807, 2.05) is 0 Å². The molecule has 0 radical (unpaired) electrons. The van der Waals surface area contributed by atoms with Crippen molar-refractivity contribution in [2.24, 2.45) is 5.41 Å². The van der Waals surface area contributed by atoms with Crippen molar-refractivity contribution in [1.29, 1.82) is 0 Å². The maximum absolute atomic E-state index is 13.3. The number of carboxylic acid groups (broad SMARTS) is 1. The van der Waals surface area contributed by atoms with Crippen LogP contribution in [0.3, 0.4) is 0 Å². The number of pyridine rings is 1. The number of aliphatic carboxylic acids is 1. The number of carbonyl (C=O) groups excluding carboxylic acids is 1. The largest absolute Gasteiger partial charge is 0.480 e. The number of halogens is 1. The number of carboxylic acids is 1. The minimum absolute atomic E-state index is 0.0308. The third kappa shape index (κ3) is 4.95. The van der Waals surface area contributed by atoms with Crippen molar-refractivity contribution in [2.75, 3.05) is 0 Å². The van der Waals surface area contributed by atoms with Crippen molar-refractivity contribution >= 4 is 34.4 Å². The lowest BCUT2D eigenvalue weighted by molar-refractivity contribution is -0.146. The topological polar surface area (TPSA) is 88.4 Å². The Morgan fingerprint density at radius 1 is 1.13 bits per heavy atom. The van der Waals surface area contributed by atoms with Crippen molar-refractivity contribution in [2.45, 2.75) is 77.8 Å². The predicted molar refractivity (Wildman–Crippen MR) is 123 cm³/mol. The van der Waals surface area contributed by atoms with Crippen LogP contribution in [-0.2, 0) is 11.3 Å². The molecule has 1 aromatic heterocycles. The Hall–Kier alpha value is -2.34. The highest BCUT2D eigenvalue weighted by Gasteiger charge is 2.45. The second-order valence-electron chi connectivity index (χ2n) is 9.43. The van der Waals surface area contributed by atoms with Gasteiger partial charge in [0.15, 0.2) is 0 Å². The van der Waals surface area contributed by atoms with Crippen LogP contribution >= 0.6 is 11.6 Å². The summed E-state index contributed by atoms with van der Waals surface area (Å²) in [6, 6.07) is 6.77. The Morgan fingerprint density at radius 3 is 2.42 bits per heavy atom. The maximum Gasteiger partial charge on any atom is 0.329 e. The van der Waals surface area contributed by atoms with E-state index in [9.17, 15) is 19.5 Å². The van der Waals surface area contributed by atoms with E-state index in [0.717, 1.165) is 24.6 Å². The minimum atomic E-state index is -1.35. The first-order chi connectivity index (χ1) is 14.6. The number of aromatic nitrogens is 1. The number of unbranched alkanes of at least 4 members (excludes halogenated alkanes) is 2. The Balaban J connectivity index is 2.00. The molecule has 2 N–H and O–H groups in total. The maximum atomic E-state index is 13.3. The lowest BCUT2D eigenvalue weighted by Crippen LogP contribution is -2.57. The Morgan fingerprint density at radius 2 is 1.81 bits per heavy atom. The van der Waals surface area contributed by atoms with Crippen LogP contribution in [-0.4, -0.2) is 27.1 Å². The van der Waals surface area contributed by atoms with Crippen molar-refractivity contribution in [3.8, 4) is 0 Å². The Bertz CT molecular complexity index is 1050. The second-order valence-corrected chi connectivity index (χ2v) is 9.87. The lowest BCUT2D eigenvalue weighted by atomic mass is 9.69. The number of hydrogen-bond donors (Lipinski definition) is 2. The summed E-state index contributed by atoms with van der Waals surface area (Å²) in [5.41, 5.74) is -1.08. The third-order valence-electron chi connectivity index (χ3n) is 6.51. The van der Waals surface area contributed by atoms with Crippen LogP contribution in [0.5, 0.6) is 0 Å². The molecular weight excluding hydrogens is 416 g/mol. The van der Waals surface area contributed by atoms with Crippen molar-refractivity contribution in [3.63, 3.8) is 0 Å². The fourth-order valence-corrected chi connectivity index (χ4v) is 4.45. The summed E-state index contributed by atoms with van der Waals surface area (Å²) in [5.74, 6) is -1.68. The van der Waals surface area contributed by atoms with E-state index in [2.05, 4.69) is 26.1 Å². The van der Waals surface area contributed by atoms with Crippen LogP contribution in [0.15, 0.2) is 29.1 Å². The number of nitrogens with zero attached hydrogens (tertiary/aromatic N) is 1. The van der Waals surface area contributed by atoms with Crippen molar-refractivity contribution in [3.05, 3.63) is 45.2 Å². The summed E-state index contributed by atoms with van der Waals surface area (Å²) in [7, 11) is 0. The van der Waals surface area contributed by atoms with E-state index in [0.29, 0.717) is 42.8 Å². The van der Waals surface area contributed by atoms with Crippen LogP contribution in [0.4, 0.5) is 0 Å². The first kappa shape index (κ1) is 23.3. The zero-order valence-corrected chi connectivity index (χ0v) is 19.2. The van der Waals surface area contributed by atoms with E-state index in [1.54, 1.807) is 28.8 Å². The molecule has 0 aliphatic heterocycles. The van der Waals surface area contributed by atoms with Gasteiger partial charge in [0.2, 0.25) is 0 Å². The molecule has 0 atom stereocenters. The summed E-state index contributed by atoms with van der Waals surface area (Å²) in [6.45, 7) is 6.76. The standard InChI is InChI=1S/C24H31ClN2O4/c1-4-5-6-13-27-19-15-17(25)8-7-16(19)14-18(21(27)29)20(28)26-24(22(30)31)11-9-23(2,3)10-12-24/h7-8,14-15H,4-6,9-13H2,1-3H3,(H,26,28)(H,30,31). The monoisotopic (exact) mass is 446 g/mol. The molecule has 1 aliphatic rings. The van der Waals surface area contributed by atoms with Crippen LogP contribution in [0, 0.1) is 5.41 Å². The van der Waals surface area contributed by atoms with E-state index in [4.69, 9.17) is 11.6 Å². The zero-order valence-electron chi connectivity index (χ0n) is 18.5. The third-order valence-corrected chi connectivity index (χ3v) is 6.74. The van der Waals surface area contributed by atoms with Gasteiger partial charge < -0.3 is 15.0 Å². The molecule has 1 aliphatic carbocycles. The fraction of sp³-hybridized carbons (Fsp3) is 0.542. The molecule has 1 saturated carbocycles. The van der Waals surface area contributed by atoms with Crippen LogP contribution in [0.1, 0.15) is 76.1 Å². The number of aryl methyl sites for hydroxylation is 1. The lowest BCUT2D eigenvalue weighted by Gasteiger charge is -2.41. The van der Waals surface area contributed by atoms with Gasteiger partial charge in [-0.3, -0.25) is 9.59 Å². The molecule has 31 heavy (non-hydrogen) atoms. The Labute approximate surface area is 187 Å². The highest BCUT2D eigenvalue weighted by atomic mass is 35.5. The molecule has 3 rings (SSSR count). The molecule has 0 unspecified atom stereocenters. The molecule has 1 heterocycles. The van der Waals surface area contributed by atoms with Crippen LogP contribution < -0.4 is 10.9 Å². The van der Waals surface area contributed by atoms with Crippen molar-refractivity contribution < 1.29 is 14.7 Å². The molecule has 0 bridgehead atoms. The fourth-order valence-electron chi connectivity index (χ4n) is 4.28. The van der Waals surface area contributed by atoms with Crippen molar-refractivity contribution in [1.82, 2.24) is 9.88 Å². The van der Waals surface area contributed by atoms with Gasteiger partial charge >= 0.3 is 5.97 Å². The quantitative estimate of drug-likeness (QED) is 0.586. The molecule has 168 valence electrons. The summed E-state index contributed by atoms with van der Waals surface area (Å²) in [5, 5.41) is 13.9. The molecule has 2 aromatic rings. The number of rotatable bonds is 7. The first-order valence-corrected chi connectivity index (χ1v) is 11.4. The van der Waals surface area contributed by atoms with E-state index < -0.39 is 23.0 Å². The summed E-state index contributed by atoms with van der Waals surface area (Å²) >= 11 is 6.15. The number of amides is 1. The van der Waals surface area contributed by atoms with Gasteiger partial charge in [0, 0.05) is 11.6 Å². The van der Waals surface area contributed by atoms with Gasteiger partial charge in [0.1, 0.15) is 11.1 Å². The average Bonchev–Trinajstić information content (AvgIpc) is 2.71. The summed E-state index contributed by atoms with van der Waals surface area (Å²) in [6.07, 6.45) is 4.84. The van der Waals surface area contributed by atoms with Gasteiger partial charge in [0.05, 0.1) is 5.52 Å². The number of fused-ring (bicyclic) bond motifs is 1. The van der Waals surface area contributed by atoms with Gasteiger partial charge in [-0.2, -0.15) is 0 Å². The highest BCUT2D eigenvalue weighted by Crippen LogP contribution is 2.40. The van der Waals surface area contributed by atoms with Crippen LogP contribution in [0.25, 0.3) is 10.9 Å².